The summed E-state index contributed by atoms with van der Waals surface area (Å²) in [5, 5.41) is 3.94. The summed E-state index contributed by atoms with van der Waals surface area (Å²) >= 11 is 7.35. The van der Waals surface area contributed by atoms with E-state index in [2.05, 4.69) is 10.3 Å². The summed E-state index contributed by atoms with van der Waals surface area (Å²) in [6.45, 7) is 0.430. The second-order valence-electron chi connectivity index (χ2n) is 7.86. The number of fused-ring (bicyclic) bond motifs is 2. The molecule has 4 aromatic rings. The minimum absolute atomic E-state index is 0.0559. The Morgan fingerprint density at radius 3 is 2.73 bits per heavy atom. The maximum absolute atomic E-state index is 13.1. The van der Waals surface area contributed by atoms with Crippen molar-refractivity contribution in [2.75, 3.05) is 18.4 Å². The molecule has 1 aliphatic heterocycles. The average Bonchev–Trinajstić information content (AvgIpc) is 3.32. The highest BCUT2D eigenvalue weighted by Crippen LogP contribution is 2.30. The molecule has 0 atom stereocenters. The predicted octanol–water partition coefficient (Wildman–Crippen LogP) is 3.43. The fraction of sp³-hybridized carbons (Fsp3) is 0.286. The fourth-order valence-corrected chi connectivity index (χ4v) is 6.57. The number of oxazole rings is 1. The van der Waals surface area contributed by atoms with Crippen molar-refractivity contribution >= 4 is 65.3 Å². The van der Waals surface area contributed by atoms with Gasteiger partial charge in [-0.1, -0.05) is 22.9 Å². The molecule has 9 nitrogen and oxygen atoms in total. The lowest BCUT2D eigenvalue weighted by Crippen LogP contribution is -2.41. The Morgan fingerprint density at radius 2 is 1.97 bits per heavy atom. The highest BCUT2D eigenvalue weighted by atomic mass is 35.5. The number of amides is 1. The number of sulfonamides is 1. The third-order valence-corrected chi connectivity index (χ3v) is 8.87. The first kappa shape index (κ1) is 22.1. The number of piperidine rings is 1. The number of aryl methyl sites for hydroxylation is 1. The number of hydrogen-bond donors (Lipinski definition) is 1. The lowest BCUT2D eigenvalue weighted by atomic mass is 9.97. The molecular weight excluding hydrogens is 488 g/mol. The normalized spacial score (nSPS) is 15.9. The van der Waals surface area contributed by atoms with Crippen LogP contribution >= 0.6 is 22.9 Å². The largest absolute Gasteiger partial charge is 0.419 e. The van der Waals surface area contributed by atoms with E-state index in [0.29, 0.717) is 28.5 Å². The van der Waals surface area contributed by atoms with Crippen LogP contribution in [0.5, 0.6) is 0 Å². The molecule has 1 N–H and O–H groups in total. The van der Waals surface area contributed by atoms with E-state index in [1.807, 2.05) is 0 Å². The third kappa shape index (κ3) is 4.05. The van der Waals surface area contributed by atoms with Gasteiger partial charge >= 0.3 is 5.76 Å². The maximum atomic E-state index is 13.1. The number of carbonyl (C=O) groups excluding carboxylic acids is 1. The van der Waals surface area contributed by atoms with Gasteiger partial charge in [0.15, 0.2) is 10.7 Å². The molecule has 0 spiro atoms. The number of hydrogen-bond acceptors (Lipinski definition) is 7. The lowest BCUT2D eigenvalue weighted by molar-refractivity contribution is -0.120. The predicted molar refractivity (Wildman–Crippen MR) is 126 cm³/mol. The molecule has 0 aliphatic carbocycles. The van der Waals surface area contributed by atoms with Crippen LogP contribution in [0.2, 0.25) is 5.02 Å². The maximum Gasteiger partial charge on any atom is 0.419 e. The first-order valence-corrected chi connectivity index (χ1v) is 12.8. The first-order chi connectivity index (χ1) is 15.7. The van der Waals surface area contributed by atoms with Crippen molar-refractivity contribution in [2.45, 2.75) is 17.7 Å². The smallest absolute Gasteiger partial charge is 0.408 e. The Labute approximate surface area is 197 Å². The van der Waals surface area contributed by atoms with Crippen molar-refractivity contribution in [3.8, 4) is 0 Å². The van der Waals surface area contributed by atoms with Gasteiger partial charge in [-0.25, -0.2) is 18.2 Å². The summed E-state index contributed by atoms with van der Waals surface area (Å²) in [4.78, 5) is 28.9. The monoisotopic (exact) mass is 506 g/mol. The quantitative estimate of drug-likeness (QED) is 0.453. The van der Waals surface area contributed by atoms with Gasteiger partial charge < -0.3 is 9.73 Å². The van der Waals surface area contributed by atoms with Crippen LogP contribution in [0, 0.1) is 5.92 Å². The molecule has 1 saturated heterocycles. The van der Waals surface area contributed by atoms with Gasteiger partial charge in [0.2, 0.25) is 15.9 Å². The van der Waals surface area contributed by atoms with Gasteiger partial charge in [0.25, 0.3) is 0 Å². The number of aromatic nitrogens is 2. The number of anilines is 1. The Hall–Kier alpha value is -2.73. The molecule has 1 fully saturated rings. The molecule has 172 valence electrons. The van der Waals surface area contributed by atoms with Crippen LogP contribution in [0.1, 0.15) is 12.8 Å². The van der Waals surface area contributed by atoms with Crippen LogP contribution < -0.4 is 11.1 Å². The van der Waals surface area contributed by atoms with E-state index < -0.39 is 15.8 Å². The number of nitrogens with zero attached hydrogens (tertiary/aromatic N) is 3. The van der Waals surface area contributed by atoms with Crippen LogP contribution in [0.4, 0.5) is 5.13 Å². The molecule has 0 saturated carbocycles. The summed E-state index contributed by atoms with van der Waals surface area (Å²) in [5.41, 5.74) is 1.49. The number of rotatable bonds is 4. The van der Waals surface area contributed by atoms with Crippen molar-refractivity contribution in [1.29, 1.82) is 0 Å². The molecule has 0 radical (unpaired) electrons. The molecule has 1 aliphatic rings. The van der Waals surface area contributed by atoms with E-state index in [-0.39, 0.29) is 35.4 Å². The summed E-state index contributed by atoms with van der Waals surface area (Å²) in [5.74, 6) is -1.05. The highest BCUT2D eigenvalue weighted by Gasteiger charge is 2.32. The van der Waals surface area contributed by atoms with Crippen LogP contribution in [0.15, 0.2) is 50.5 Å². The highest BCUT2D eigenvalue weighted by molar-refractivity contribution is 7.89. The Bertz CT molecular complexity index is 1550. The summed E-state index contributed by atoms with van der Waals surface area (Å²) < 4.78 is 34.9. The third-order valence-electron chi connectivity index (χ3n) is 5.81. The van der Waals surface area contributed by atoms with Gasteiger partial charge in [0, 0.05) is 37.1 Å². The molecule has 33 heavy (non-hydrogen) atoms. The zero-order valence-corrected chi connectivity index (χ0v) is 19.8. The van der Waals surface area contributed by atoms with E-state index in [4.69, 9.17) is 16.0 Å². The molecule has 3 heterocycles. The van der Waals surface area contributed by atoms with E-state index in [9.17, 15) is 18.0 Å². The minimum Gasteiger partial charge on any atom is -0.408 e. The number of halogens is 1. The van der Waals surface area contributed by atoms with Gasteiger partial charge in [-0.05, 0) is 43.2 Å². The van der Waals surface area contributed by atoms with Gasteiger partial charge in [-0.3, -0.25) is 9.36 Å². The standard InChI is InChI=1S/C21H19ClN4O5S2/c1-25-16-5-3-14(11-17(16)31-21(25)28)33(29,30)26-8-6-12(7-9-26)19(27)24-20-23-15-4-2-13(22)10-18(15)32-20/h2-5,10-12H,6-9H2,1H3,(H,23,24,27). The van der Waals surface area contributed by atoms with Gasteiger partial charge in [0.05, 0.1) is 20.6 Å². The molecule has 2 aromatic carbocycles. The van der Waals surface area contributed by atoms with E-state index in [1.54, 1.807) is 31.3 Å². The fourth-order valence-electron chi connectivity index (χ4n) is 3.94. The van der Waals surface area contributed by atoms with Crippen LogP contribution in [-0.4, -0.2) is 41.3 Å². The number of carbonyl (C=O) groups is 1. The molecule has 2 aromatic heterocycles. The Kier molecular flexibility index (Phi) is 5.52. The van der Waals surface area contributed by atoms with Crippen LogP contribution in [-0.2, 0) is 21.9 Å². The van der Waals surface area contributed by atoms with Gasteiger partial charge in [-0.2, -0.15) is 4.31 Å². The van der Waals surface area contributed by atoms with Crippen LogP contribution in [0.3, 0.4) is 0 Å². The topological polar surface area (TPSA) is 115 Å². The molecule has 1 amide bonds. The molecular formula is C21H19ClN4O5S2. The number of thiazole rings is 1. The van der Waals surface area contributed by atoms with Crippen molar-refractivity contribution in [2.24, 2.45) is 13.0 Å². The zero-order chi connectivity index (χ0) is 23.3. The lowest BCUT2D eigenvalue weighted by Gasteiger charge is -2.30. The zero-order valence-electron chi connectivity index (χ0n) is 17.4. The van der Waals surface area contributed by atoms with Crippen molar-refractivity contribution in [1.82, 2.24) is 13.9 Å². The average molecular weight is 507 g/mol. The van der Waals surface area contributed by atoms with E-state index in [1.165, 1.54) is 32.3 Å². The Morgan fingerprint density at radius 1 is 1.21 bits per heavy atom. The number of nitrogens with one attached hydrogen (secondary N) is 1. The summed E-state index contributed by atoms with van der Waals surface area (Å²) in [6, 6.07) is 9.72. The van der Waals surface area contributed by atoms with Crippen molar-refractivity contribution < 1.29 is 17.6 Å². The van der Waals surface area contributed by atoms with E-state index in [0.717, 1.165) is 10.2 Å². The van der Waals surface area contributed by atoms with Crippen LogP contribution in [0.25, 0.3) is 21.3 Å². The van der Waals surface area contributed by atoms with Gasteiger partial charge in [0.1, 0.15) is 0 Å². The Balaban J connectivity index is 1.26. The SMILES string of the molecule is Cn1c(=O)oc2cc(S(=O)(=O)N3CCC(C(=O)Nc4nc5ccc(Cl)cc5s4)CC3)ccc21. The molecule has 5 rings (SSSR count). The summed E-state index contributed by atoms with van der Waals surface area (Å²) in [6.07, 6.45) is 0.787. The van der Waals surface area contributed by atoms with Crippen molar-refractivity contribution in [3.63, 3.8) is 0 Å². The second-order valence-corrected chi connectivity index (χ2v) is 11.3. The first-order valence-electron chi connectivity index (χ1n) is 10.2. The molecule has 0 bridgehead atoms. The van der Waals surface area contributed by atoms with Gasteiger partial charge in [-0.15, -0.1) is 0 Å². The molecule has 12 heteroatoms. The summed E-state index contributed by atoms with van der Waals surface area (Å²) in [7, 11) is -2.22. The minimum atomic E-state index is -3.78. The molecule has 0 unspecified atom stereocenters. The van der Waals surface area contributed by atoms with Crippen molar-refractivity contribution in [3.05, 3.63) is 52.0 Å². The van der Waals surface area contributed by atoms with E-state index >= 15 is 0 Å². The number of benzene rings is 2. The second kappa shape index (κ2) is 8.24.